The van der Waals surface area contributed by atoms with Crippen LogP contribution in [0.25, 0.3) is 0 Å². The van der Waals surface area contributed by atoms with Crippen molar-refractivity contribution in [3.63, 3.8) is 0 Å². The molecule has 0 aliphatic carbocycles. The van der Waals surface area contributed by atoms with Gasteiger partial charge in [-0.15, -0.1) is 0 Å². The van der Waals surface area contributed by atoms with Crippen molar-refractivity contribution < 1.29 is 14.3 Å². The summed E-state index contributed by atoms with van der Waals surface area (Å²) in [6.45, 7) is 11.8. The van der Waals surface area contributed by atoms with E-state index in [2.05, 4.69) is 62.9 Å². The van der Waals surface area contributed by atoms with Gasteiger partial charge in [-0.25, -0.2) is 4.98 Å². The normalized spacial score (nSPS) is 23.0. The molecule has 9 nitrogen and oxygen atoms in total. The molecule has 0 radical (unpaired) electrons. The molecular weight excluding hydrogens is 456 g/mol. The number of rotatable bonds is 4. The summed E-state index contributed by atoms with van der Waals surface area (Å²) in [6, 6.07) is 9.25. The Hall–Kier alpha value is -3.14. The minimum atomic E-state index is 0.0272. The molecule has 36 heavy (non-hydrogen) atoms. The Morgan fingerprint density at radius 3 is 2.78 bits per heavy atom. The topological polar surface area (TPSA) is 73.4 Å². The van der Waals surface area contributed by atoms with Gasteiger partial charge in [-0.1, -0.05) is 12.6 Å². The predicted molar refractivity (Wildman–Crippen MR) is 139 cm³/mol. The van der Waals surface area contributed by atoms with Crippen LogP contribution in [0.2, 0.25) is 0 Å². The zero-order valence-corrected chi connectivity index (χ0v) is 20.9. The van der Waals surface area contributed by atoms with E-state index >= 15 is 0 Å². The lowest BCUT2D eigenvalue weighted by molar-refractivity contribution is -0.134. The van der Waals surface area contributed by atoms with Crippen LogP contribution in [0.5, 0.6) is 5.75 Å². The number of piperazine rings is 1. The van der Waals surface area contributed by atoms with E-state index in [9.17, 15) is 4.79 Å². The van der Waals surface area contributed by atoms with Crippen molar-refractivity contribution in [1.82, 2.24) is 19.7 Å². The molecule has 1 aromatic carbocycles. The monoisotopic (exact) mass is 490 g/mol. The summed E-state index contributed by atoms with van der Waals surface area (Å²) in [5.41, 5.74) is 4.45. The van der Waals surface area contributed by atoms with Crippen molar-refractivity contribution in [3.05, 3.63) is 54.2 Å². The van der Waals surface area contributed by atoms with E-state index < -0.39 is 0 Å². The third-order valence-corrected chi connectivity index (χ3v) is 7.94. The molecule has 1 atom stereocenters. The van der Waals surface area contributed by atoms with Crippen LogP contribution in [-0.2, 0) is 16.1 Å². The highest BCUT2D eigenvalue weighted by Gasteiger charge is 2.37. The second-order valence-electron chi connectivity index (χ2n) is 10.0. The molecule has 0 spiro atoms. The second kappa shape index (κ2) is 9.72. The molecule has 1 amide bonds. The first kappa shape index (κ1) is 23.3. The van der Waals surface area contributed by atoms with Gasteiger partial charge in [0.15, 0.2) is 0 Å². The van der Waals surface area contributed by atoms with Gasteiger partial charge < -0.3 is 24.6 Å². The zero-order chi connectivity index (χ0) is 24.6. The largest absolute Gasteiger partial charge is 0.487 e. The van der Waals surface area contributed by atoms with E-state index in [-0.39, 0.29) is 11.9 Å². The van der Waals surface area contributed by atoms with Crippen molar-refractivity contribution in [3.8, 4) is 5.75 Å². The molecule has 1 aromatic heterocycles. The maximum Gasteiger partial charge on any atom is 0.246 e. The van der Waals surface area contributed by atoms with Gasteiger partial charge in [0.1, 0.15) is 18.2 Å². The number of ether oxygens (including phenoxy) is 2. The number of hydrogen-bond acceptors (Lipinski definition) is 8. The molecule has 3 fully saturated rings. The average Bonchev–Trinajstić information content (AvgIpc) is 3.07. The number of benzene rings is 1. The van der Waals surface area contributed by atoms with Gasteiger partial charge in [0.2, 0.25) is 5.91 Å². The summed E-state index contributed by atoms with van der Waals surface area (Å²) in [6.07, 6.45) is 3.28. The summed E-state index contributed by atoms with van der Waals surface area (Å²) in [5, 5.41) is 3.58. The number of amides is 1. The minimum Gasteiger partial charge on any atom is -0.487 e. The van der Waals surface area contributed by atoms with Crippen molar-refractivity contribution in [2.75, 3.05) is 76.3 Å². The molecule has 0 unspecified atom stereocenters. The van der Waals surface area contributed by atoms with Gasteiger partial charge in [0, 0.05) is 69.8 Å². The number of fused-ring (bicyclic) bond motifs is 2. The molecule has 1 N–H and O–H groups in total. The number of likely N-dealkylation sites (N-methyl/N-ethyl adjacent to an activating group) is 1. The van der Waals surface area contributed by atoms with Crippen molar-refractivity contribution in [2.45, 2.75) is 18.7 Å². The predicted octanol–water partition coefficient (Wildman–Crippen LogP) is 2.24. The fourth-order valence-corrected chi connectivity index (χ4v) is 5.67. The maximum atomic E-state index is 11.9. The number of carbonyl (C=O) groups excluding carboxylic acids is 1. The number of carbonyl (C=O) groups is 1. The number of anilines is 3. The van der Waals surface area contributed by atoms with Crippen molar-refractivity contribution in [1.29, 1.82) is 0 Å². The Bertz CT molecular complexity index is 1140. The molecule has 190 valence electrons. The summed E-state index contributed by atoms with van der Waals surface area (Å²) in [5.74, 6) is 1.73. The molecule has 3 saturated heterocycles. The summed E-state index contributed by atoms with van der Waals surface area (Å²) in [7, 11) is 2.19. The third kappa shape index (κ3) is 4.31. The zero-order valence-electron chi connectivity index (χ0n) is 20.9. The standard InChI is InChI=1S/C27H34N6O3/c1-3-26(34)33-15-20(16-33)32-9-8-30(2)24(17-32)19-4-5-25-22(14-19)29-27-21(18-36-25)23(6-7-28-27)31-10-12-35-13-11-31/h3-7,14,20,24H,1,8-13,15-18H2,2H3,(H,28,29)/t24-/m0/s1. The number of pyridine rings is 1. The van der Waals surface area contributed by atoms with Crippen LogP contribution in [0.15, 0.2) is 43.1 Å². The van der Waals surface area contributed by atoms with Crippen molar-refractivity contribution in [2.24, 2.45) is 0 Å². The lowest BCUT2D eigenvalue weighted by atomic mass is 9.98. The maximum absolute atomic E-state index is 11.9. The highest BCUT2D eigenvalue weighted by Crippen LogP contribution is 2.39. The Balaban J connectivity index is 1.20. The van der Waals surface area contributed by atoms with E-state index in [1.807, 2.05) is 11.1 Å². The average molecular weight is 491 g/mol. The minimum absolute atomic E-state index is 0.0272. The summed E-state index contributed by atoms with van der Waals surface area (Å²) in [4.78, 5) is 25.7. The van der Waals surface area contributed by atoms with Gasteiger partial charge in [0.05, 0.1) is 24.5 Å². The van der Waals surface area contributed by atoms with Gasteiger partial charge in [-0.2, -0.15) is 0 Å². The first-order valence-corrected chi connectivity index (χ1v) is 12.8. The number of nitrogens with zero attached hydrogens (tertiary/aromatic N) is 5. The summed E-state index contributed by atoms with van der Waals surface area (Å²) < 4.78 is 11.8. The molecule has 2 aromatic rings. The fourth-order valence-electron chi connectivity index (χ4n) is 5.67. The summed E-state index contributed by atoms with van der Waals surface area (Å²) >= 11 is 0. The SMILES string of the molecule is C=CC(=O)N1CC(N2CCN(C)[C@H](c3ccc4c(c3)Nc3nccc(N5CCOCC5)c3CO4)C2)C1. The van der Waals surface area contributed by atoms with Crippen LogP contribution in [0.4, 0.5) is 17.2 Å². The number of nitrogens with one attached hydrogen (secondary N) is 1. The van der Waals surface area contributed by atoms with Gasteiger partial charge >= 0.3 is 0 Å². The van der Waals surface area contributed by atoms with Crippen LogP contribution < -0.4 is 15.0 Å². The lowest BCUT2D eigenvalue weighted by Crippen LogP contribution is -2.64. The Kier molecular flexibility index (Phi) is 6.29. The molecule has 0 saturated carbocycles. The van der Waals surface area contributed by atoms with E-state index in [0.717, 1.165) is 87.5 Å². The molecule has 5 heterocycles. The third-order valence-electron chi connectivity index (χ3n) is 7.94. The van der Waals surface area contributed by atoms with Crippen LogP contribution in [0.1, 0.15) is 17.2 Å². The molecule has 4 aliphatic heterocycles. The Morgan fingerprint density at radius 2 is 1.97 bits per heavy atom. The quantitative estimate of drug-likeness (QED) is 0.655. The van der Waals surface area contributed by atoms with E-state index in [1.54, 1.807) is 0 Å². The fraction of sp³-hybridized carbons (Fsp3) is 0.481. The highest BCUT2D eigenvalue weighted by atomic mass is 16.5. The van der Waals surface area contributed by atoms with E-state index in [4.69, 9.17) is 9.47 Å². The van der Waals surface area contributed by atoms with Crippen LogP contribution in [0, 0.1) is 0 Å². The molecule has 6 rings (SSSR count). The molecule has 9 heteroatoms. The number of aromatic nitrogens is 1. The molecule has 0 bridgehead atoms. The Morgan fingerprint density at radius 1 is 1.14 bits per heavy atom. The van der Waals surface area contributed by atoms with E-state index in [1.165, 1.54) is 11.6 Å². The number of hydrogen-bond donors (Lipinski definition) is 1. The molecular formula is C27H34N6O3. The highest BCUT2D eigenvalue weighted by molar-refractivity contribution is 5.87. The first-order chi connectivity index (χ1) is 17.6. The molecule has 4 aliphatic rings. The Labute approximate surface area is 212 Å². The number of likely N-dealkylation sites (tertiary alicyclic amines) is 1. The van der Waals surface area contributed by atoms with Crippen LogP contribution >= 0.6 is 0 Å². The van der Waals surface area contributed by atoms with Gasteiger partial charge in [-0.05, 0) is 36.9 Å². The van der Waals surface area contributed by atoms with E-state index in [0.29, 0.717) is 12.6 Å². The van der Waals surface area contributed by atoms with Crippen molar-refractivity contribution >= 4 is 23.1 Å². The second-order valence-corrected chi connectivity index (χ2v) is 10.0. The first-order valence-electron chi connectivity index (χ1n) is 12.8. The van der Waals surface area contributed by atoms with Crippen LogP contribution in [0.3, 0.4) is 0 Å². The lowest BCUT2D eigenvalue weighted by Gasteiger charge is -2.49. The van der Waals surface area contributed by atoms with Gasteiger partial charge in [-0.3, -0.25) is 14.6 Å². The van der Waals surface area contributed by atoms with Crippen LogP contribution in [-0.4, -0.2) is 97.7 Å². The smallest absolute Gasteiger partial charge is 0.246 e. The number of morpholine rings is 1. The van der Waals surface area contributed by atoms with Gasteiger partial charge in [0.25, 0.3) is 0 Å².